The van der Waals surface area contributed by atoms with Crippen LogP contribution in [0.5, 0.6) is 0 Å². The van der Waals surface area contributed by atoms with Crippen LogP contribution in [-0.4, -0.2) is 35.6 Å². The Kier molecular flexibility index (Phi) is 11.6. The van der Waals surface area contributed by atoms with E-state index in [9.17, 15) is 0 Å². The molecule has 0 amide bonds. The molecule has 0 aromatic heterocycles. The Morgan fingerprint density at radius 3 is 1.88 bits per heavy atom. The van der Waals surface area contributed by atoms with Crippen molar-refractivity contribution in [2.45, 2.75) is 58.5 Å². The van der Waals surface area contributed by atoms with Crippen molar-refractivity contribution < 1.29 is 8.85 Å². The molecule has 0 aromatic carbocycles. The molecule has 1 rings (SSSR count). The fraction of sp³-hybridized carbons (Fsp3) is 1.00. The molecule has 0 saturated heterocycles. The monoisotopic (exact) mass is 247 g/mol. The summed E-state index contributed by atoms with van der Waals surface area (Å²) in [4.78, 5) is 0. The summed E-state index contributed by atoms with van der Waals surface area (Å²) in [5.74, 6) is 0. The van der Waals surface area contributed by atoms with Gasteiger partial charge in [-0.2, -0.15) is 0 Å². The van der Waals surface area contributed by atoms with Crippen molar-refractivity contribution in [3.05, 3.63) is 0 Å². The quantitative estimate of drug-likeness (QED) is 0.757. The minimum absolute atomic E-state index is 0.785. The van der Waals surface area contributed by atoms with Gasteiger partial charge in [-0.25, -0.2) is 0 Å². The van der Waals surface area contributed by atoms with Crippen LogP contribution < -0.4 is 5.32 Å². The average Bonchev–Trinajstić information content (AvgIpc) is 2.32. The van der Waals surface area contributed by atoms with Gasteiger partial charge in [0, 0.05) is 19.3 Å². The van der Waals surface area contributed by atoms with Crippen molar-refractivity contribution in [3.8, 4) is 0 Å². The van der Waals surface area contributed by atoms with E-state index in [1.54, 1.807) is 0 Å². The van der Waals surface area contributed by atoms with E-state index in [1.165, 1.54) is 32.1 Å². The second-order valence-electron chi connectivity index (χ2n) is 4.10. The molecule has 4 heteroatoms. The van der Waals surface area contributed by atoms with E-state index >= 15 is 0 Å². The molecule has 0 unspecified atom stereocenters. The molecule has 0 aliphatic heterocycles. The van der Waals surface area contributed by atoms with Crippen molar-refractivity contribution >= 4 is 9.28 Å². The molecule has 0 aromatic rings. The second kappa shape index (κ2) is 11.6. The minimum Gasteiger partial charge on any atom is -0.397 e. The molecule has 98 valence electrons. The maximum absolute atomic E-state index is 5.20. The first kappa shape index (κ1) is 16.1. The van der Waals surface area contributed by atoms with Gasteiger partial charge in [0.15, 0.2) is 0 Å². The van der Waals surface area contributed by atoms with Crippen LogP contribution in [0, 0.1) is 0 Å². The molecular formula is C12H29NO2Si. The van der Waals surface area contributed by atoms with Gasteiger partial charge in [0.05, 0.1) is 0 Å². The third kappa shape index (κ3) is 9.33. The highest BCUT2D eigenvalue weighted by molar-refractivity contribution is 6.42. The lowest BCUT2D eigenvalue weighted by atomic mass is 9.96. The van der Waals surface area contributed by atoms with Gasteiger partial charge in [0.25, 0.3) is 0 Å². The summed E-state index contributed by atoms with van der Waals surface area (Å²) in [6.07, 6.45) is 7.13. The lowest BCUT2D eigenvalue weighted by Gasteiger charge is -2.20. The van der Waals surface area contributed by atoms with Crippen LogP contribution in [0.25, 0.3) is 0 Å². The van der Waals surface area contributed by atoms with E-state index in [-0.39, 0.29) is 0 Å². The zero-order chi connectivity index (χ0) is 12.2. The molecule has 0 radical (unpaired) electrons. The molecule has 0 spiro atoms. The van der Waals surface area contributed by atoms with Crippen molar-refractivity contribution in [1.29, 1.82) is 0 Å². The van der Waals surface area contributed by atoms with E-state index in [0.29, 0.717) is 0 Å². The molecule has 0 atom stereocenters. The van der Waals surface area contributed by atoms with E-state index in [2.05, 4.69) is 12.4 Å². The van der Waals surface area contributed by atoms with Gasteiger partial charge in [0.2, 0.25) is 0 Å². The molecule has 1 saturated carbocycles. The smallest absolute Gasteiger partial charge is 0.318 e. The third-order valence-corrected chi connectivity index (χ3v) is 4.42. The Balaban J connectivity index is 0.000000281. The Morgan fingerprint density at radius 1 is 1.06 bits per heavy atom. The first-order valence-corrected chi connectivity index (χ1v) is 8.74. The summed E-state index contributed by atoms with van der Waals surface area (Å²) in [5, 5.41) is 3.30. The maximum atomic E-state index is 5.20. The van der Waals surface area contributed by atoms with E-state index < -0.39 is 9.28 Å². The average molecular weight is 247 g/mol. The number of hydrogen-bond acceptors (Lipinski definition) is 3. The largest absolute Gasteiger partial charge is 0.397 e. The Hall–Kier alpha value is 0.0969. The minimum atomic E-state index is -1.20. The van der Waals surface area contributed by atoms with Crippen molar-refractivity contribution in [2.75, 3.05) is 20.3 Å². The predicted molar refractivity (Wildman–Crippen MR) is 72.2 cm³/mol. The standard InChI is InChI=1S/C7H15N.C5H14O2Si/c1-8-7-5-3-2-4-6-7;1-4-6-8(3)7-5-2/h7-8H,2-6H2,1H3;8H,4-5H2,1-3H3. The summed E-state index contributed by atoms with van der Waals surface area (Å²) >= 11 is 0. The van der Waals surface area contributed by atoms with Crippen LogP contribution in [0.15, 0.2) is 0 Å². The molecule has 1 aliphatic rings. The fourth-order valence-electron chi connectivity index (χ4n) is 1.91. The van der Waals surface area contributed by atoms with Crippen LogP contribution in [0.2, 0.25) is 6.55 Å². The van der Waals surface area contributed by atoms with Crippen LogP contribution in [-0.2, 0) is 8.85 Å². The Bertz CT molecular complexity index is 135. The van der Waals surface area contributed by atoms with Gasteiger partial charge >= 0.3 is 9.28 Å². The predicted octanol–water partition coefficient (Wildman–Crippen LogP) is 2.45. The number of nitrogens with one attached hydrogen (secondary N) is 1. The number of rotatable bonds is 5. The summed E-state index contributed by atoms with van der Waals surface area (Å²) in [5.41, 5.74) is 0. The van der Waals surface area contributed by atoms with E-state index in [4.69, 9.17) is 8.85 Å². The summed E-state index contributed by atoms with van der Waals surface area (Å²) in [6.45, 7) is 7.58. The SMILES string of the molecule is CCO[SiH](C)OCC.CNC1CCCCC1. The summed E-state index contributed by atoms with van der Waals surface area (Å²) < 4.78 is 10.4. The Morgan fingerprint density at radius 2 is 1.56 bits per heavy atom. The summed E-state index contributed by atoms with van der Waals surface area (Å²) in [6, 6.07) is 0.837. The Labute approximate surface area is 103 Å². The van der Waals surface area contributed by atoms with Crippen LogP contribution in [0.4, 0.5) is 0 Å². The van der Waals surface area contributed by atoms with Crippen molar-refractivity contribution in [3.63, 3.8) is 0 Å². The van der Waals surface area contributed by atoms with E-state index in [0.717, 1.165) is 19.3 Å². The molecule has 1 N–H and O–H groups in total. The molecular weight excluding hydrogens is 218 g/mol. The molecule has 16 heavy (non-hydrogen) atoms. The fourth-order valence-corrected chi connectivity index (χ4v) is 2.94. The van der Waals surface area contributed by atoms with Gasteiger partial charge in [0.1, 0.15) is 0 Å². The molecule has 3 nitrogen and oxygen atoms in total. The highest BCUT2D eigenvalue weighted by Crippen LogP contribution is 2.16. The van der Waals surface area contributed by atoms with Gasteiger partial charge in [-0.1, -0.05) is 19.3 Å². The maximum Gasteiger partial charge on any atom is 0.318 e. The molecule has 0 bridgehead atoms. The highest BCUT2D eigenvalue weighted by Gasteiger charge is 2.09. The van der Waals surface area contributed by atoms with Crippen molar-refractivity contribution in [2.24, 2.45) is 0 Å². The normalized spacial score (nSPS) is 17.1. The first-order chi connectivity index (χ1) is 7.74. The van der Waals surface area contributed by atoms with Crippen molar-refractivity contribution in [1.82, 2.24) is 5.32 Å². The van der Waals surface area contributed by atoms with Crippen LogP contribution in [0.1, 0.15) is 46.0 Å². The van der Waals surface area contributed by atoms with Gasteiger partial charge in [-0.15, -0.1) is 0 Å². The molecule has 1 fully saturated rings. The second-order valence-corrected chi connectivity index (χ2v) is 5.90. The van der Waals surface area contributed by atoms with Gasteiger partial charge in [-0.05, 0) is 40.3 Å². The topological polar surface area (TPSA) is 30.5 Å². The lowest BCUT2D eigenvalue weighted by molar-refractivity contribution is 0.219. The zero-order valence-corrected chi connectivity index (χ0v) is 12.6. The van der Waals surface area contributed by atoms with E-state index in [1.807, 2.05) is 20.4 Å². The van der Waals surface area contributed by atoms with Crippen LogP contribution in [0.3, 0.4) is 0 Å². The summed E-state index contributed by atoms with van der Waals surface area (Å²) in [7, 11) is 0.863. The number of hydrogen-bond donors (Lipinski definition) is 1. The van der Waals surface area contributed by atoms with Gasteiger partial charge in [-0.3, -0.25) is 0 Å². The highest BCUT2D eigenvalue weighted by atomic mass is 28.3. The molecule has 0 heterocycles. The molecule has 1 aliphatic carbocycles. The zero-order valence-electron chi connectivity index (χ0n) is 11.4. The lowest BCUT2D eigenvalue weighted by Crippen LogP contribution is -2.26. The third-order valence-electron chi connectivity index (χ3n) is 2.82. The van der Waals surface area contributed by atoms with Crippen LogP contribution >= 0.6 is 0 Å². The first-order valence-electron chi connectivity index (χ1n) is 6.65. The van der Waals surface area contributed by atoms with Gasteiger partial charge < -0.3 is 14.2 Å².